The first kappa shape index (κ1) is 18.4. The number of guanidine groups is 1. The highest BCUT2D eigenvalue weighted by Crippen LogP contribution is 2.38. The van der Waals surface area contributed by atoms with Crippen LogP contribution in [0, 0.1) is 5.41 Å². The number of benzene rings is 1. The third-order valence-corrected chi connectivity index (χ3v) is 5.29. The van der Waals surface area contributed by atoms with Crippen LogP contribution < -0.4 is 5.32 Å². The highest BCUT2D eigenvalue weighted by molar-refractivity contribution is 14.0. The molecule has 4 rings (SSSR count). The first-order valence-corrected chi connectivity index (χ1v) is 8.66. The molecule has 0 radical (unpaired) electrons. The Morgan fingerprint density at radius 3 is 3.00 bits per heavy atom. The molecule has 1 unspecified atom stereocenters. The Morgan fingerprint density at radius 1 is 1.32 bits per heavy atom. The predicted octanol–water partition coefficient (Wildman–Crippen LogP) is 3.04. The van der Waals surface area contributed by atoms with Crippen molar-refractivity contribution in [1.29, 1.82) is 0 Å². The summed E-state index contributed by atoms with van der Waals surface area (Å²) >= 11 is 0. The van der Waals surface area contributed by atoms with Crippen molar-refractivity contribution in [2.45, 2.75) is 19.4 Å². The number of likely N-dealkylation sites (tertiary alicyclic amines) is 1. The molecule has 134 valence electrons. The van der Waals surface area contributed by atoms with Gasteiger partial charge in [0, 0.05) is 50.3 Å². The summed E-state index contributed by atoms with van der Waals surface area (Å²) in [6.45, 7) is 4.63. The number of halogens is 1. The van der Waals surface area contributed by atoms with E-state index in [1.54, 1.807) is 0 Å². The average Bonchev–Trinajstić information content (AvgIpc) is 3.26. The normalized spacial score (nSPS) is 23.2. The van der Waals surface area contributed by atoms with Crippen molar-refractivity contribution in [3.8, 4) is 0 Å². The van der Waals surface area contributed by atoms with E-state index in [0.717, 1.165) is 44.3 Å². The van der Waals surface area contributed by atoms with Gasteiger partial charge in [-0.3, -0.25) is 9.98 Å². The van der Waals surface area contributed by atoms with E-state index >= 15 is 0 Å². The first-order chi connectivity index (χ1) is 11.8. The second-order valence-electron chi connectivity index (χ2n) is 6.87. The second-order valence-corrected chi connectivity index (χ2v) is 6.87. The molecule has 0 bridgehead atoms. The quantitative estimate of drug-likeness (QED) is 0.433. The van der Waals surface area contributed by atoms with Gasteiger partial charge in [-0.05, 0) is 24.5 Å². The summed E-state index contributed by atoms with van der Waals surface area (Å²) in [5, 5.41) is 4.70. The second kappa shape index (κ2) is 7.86. The lowest BCUT2D eigenvalue weighted by atomic mass is 9.87. The molecule has 2 aliphatic rings. The maximum atomic E-state index is 5.63. The molecule has 5 nitrogen and oxygen atoms in total. The van der Waals surface area contributed by atoms with Crippen molar-refractivity contribution >= 4 is 40.8 Å². The standard InChI is InChI=1S/C19H24N4O.HI/c1-20-18(23-10-7-19(13-23)8-11-24-14-19)22-12-16-5-2-4-15-6-3-9-21-17(15)16;/h2-6,9H,7-8,10-14H2,1H3,(H,20,22);1H. The van der Waals surface area contributed by atoms with Gasteiger partial charge in [-0.1, -0.05) is 24.3 Å². The van der Waals surface area contributed by atoms with Crippen LogP contribution in [0.5, 0.6) is 0 Å². The average molecular weight is 452 g/mol. The van der Waals surface area contributed by atoms with Crippen LogP contribution in [0.25, 0.3) is 10.9 Å². The van der Waals surface area contributed by atoms with E-state index in [9.17, 15) is 0 Å². The molecular formula is C19H25IN4O. The molecule has 1 N–H and O–H groups in total. The number of nitrogens with one attached hydrogen (secondary N) is 1. The molecule has 1 atom stereocenters. The Kier molecular flexibility index (Phi) is 5.78. The lowest BCUT2D eigenvalue weighted by Gasteiger charge is -2.25. The molecule has 2 aliphatic heterocycles. The van der Waals surface area contributed by atoms with E-state index in [1.165, 1.54) is 23.8 Å². The van der Waals surface area contributed by atoms with Crippen molar-refractivity contribution in [3.63, 3.8) is 0 Å². The van der Waals surface area contributed by atoms with Gasteiger partial charge in [0.25, 0.3) is 0 Å². The molecule has 0 aliphatic carbocycles. The maximum Gasteiger partial charge on any atom is 0.193 e. The third-order valence-electron chi connectivity index (χ3n) is 5.29. The van der Waals surface area contributed by atoms with Crippen LogP contribution in [0.3, 0.4) is 0 Å². The number of rotatable bonds is 2. The summed E-state index contributed by atoms with van der Waals surface area (Å²) in [6.07, 6.45) is 4.22. The SMILES string of the molecule is CN=C(NCc1cccc2cccnc12)N1CCC2(CCOC2)C1.I. The van der Waals surface area contributed by atoms with E-state index in [0.29, 0.717) is 5.41 Å². The number of aliphatic imine (C=N–C) groups is 1. The van der Waals surface area contributed by atoms with Gasteiger partial charge in [0.1, 0.15) is 0 Å². The molecule has 25 heavy (non-hydrogen) atoms. The fourth-order valence-corrected chi connectivity index (χ4v) is 3.90. The summed E-state index contributed by atoms with van der Waals surface area (Å²) in [5.74, 6) is 0.978. The van der Waals surface area contributed by atoms with E-state index in [-0.39, 0.29) is 24.0 Å². The number of nitrogens with zero attached hydrogens (tertiary/aromatic N) is 3. The molecule has 1 spiro atoms. The number of pyridine rings is 1. The van der Waals surface area contributed by atoms with Crippen LogP contribution in [0.1, 0.15) is 18.4 Å². The number of hydrogen-bond acceptors (Lipinski definition) is 3. The van der Waals surface area contributed by atoms with Gasteiger partial charge in [0.15, 0.2) is 5.96 Å². The van der Waals surface area contributed by atoms with Gasteiger partial charge < -0.3 is 15.0 Å². The maximum absolute atomic E-state index is 5.63. The smallest absolute Gasteiger partial charge is 0.193 e. The summed E-state index contributed by atoms with van der Waals surface area (Å²) in [7, 11) is 1.86. The largest absolute Gasteiger partial charge is 0.381 e. The third kappa shape index (κ3) is 3.74. The molecule has 1 aromatic carbocycles. The number of aromatic nitrogens is 1. The van der Waals surface area contributed by atoms with E-state index in [4.69, 9.17) is 4.74 Å². The molecular weight excluding hydrogens is 427 g/mol. The van der Waals surface area contributed by atoms with Crippen molar-refractivity contribution in [2.24, 2.45) is 10.4 Å². The molecule has 2 saturated heterocycles. The Hall–Kier alpha value is -1.41. The lowest BCUT2D eigenvalue weighted by Crippen LogP contribution is -2.41. The zero-order valence-electron chi connectivity index (χ0n) is 14.6. The molecule has 6 heteroatoms. The number of ether oxygens (including phenoxy) is 1. The molecule has 2 aromatic rings. The topological polar surface area (TPSA) is 49.8 Å². The highest BCUT2D eigenvalue weighted by Gasteiger charge is 2.42. The first-order valence-electron chi connectivity index (χ1n) is 8.66. The Labute approximate surface area is 165 Å². The van der Waals surface area contributed by atoms with Crippen LogP contribution >= 0.6 is 24.0 Å². The fourth-order valence-electron chi connectivity index (χ4n) is 3.90. The summed E-state index contributed by atoms with van der Waals surface area (Å²) in [4.78, 5) is 11.4. The van der Waals surface area contributed by atoms with Gasteiger partial charge in [0.05, 0.1) is 12.1 Å². The van der Waals surface area contributed by atoms with Crippen LogP contribution in [-0.4, -0.2) is 49.2 Å². The van der Waals surface area contributed by atoms with E-state index in [2.05, 4.69) is 44.5 Å². The van der Waals surface area contributed by atoms with Crippen LogP contribution in [-0.2, 0) is 11.3 Å². The molecule has 1 aromatic heterocycles. The number of fused-ring (bicyclic) bond motifs is 1. The predicted molar refractivity (Wildman–Crippen MR) is 111 cm³/mol. The molecule has 2 fully saturated rings. The van der Waals surface area contributed by atoms with Crippen molar-refractivity contribution in [1.82, 2.24) is 15.2 Å². The summed E-state index contributed by atoms with van der Waals surface area (Å²) < 4.78 is 5.63. The van der Waals surface area contributed by atoms with E-state index in [1.807, 2.05) is 19.3 Å². The summed E-state index contributed by atoms with van der Waals surface area (Å²) in [6, 6.07) is 10.4. The zero-order chi connectivity index (χ0) is 16.4. The van der Waals surface area contributed by atoms with Gasteiger partial charge in [0.2, 0.25) is 0 Å². The Balaban J connectivity index is 0.00000182. The van der Waals surface area contributed by atoms with Gasteiger partial charge in [-0.15, -0.1) is 24.0 Å². The molecule has 0 saturated carbocycles. The zero-order valence-corrected chi connectivity index (χ0v) is 16.9. The summed E-state index contributed by atoms with van der Waals surface area (Å²) in [5.41, 5.74) is 2.61. The van der Waals surface area contributed by atoms with Gasteiger partial charge in [-0.25, -0.2) is 0 Å². The lowest BCUT2D eigenvalue weighted by molar-refractivity contribution is 0.156. The number of hydrogen-bond donors (Lipinski definition) is 1. The van der Waals surface area contributed by atoms with Crippen LogP contribution in [0.2, 0.25) is 0 Å². The van der Waals surface area contributed by atoms with Crippen molar-refractivity contribution in [3.05, 3.63) is 42.1 Å². The van der Waals surface area contributed by atoms with Crippen LogP contribution in [0.15, 0.2) is 41.5 Å². The monoisotopic (exact) mass is 452 g/mol. The number of para-hydroxylation sites is 1. The minimum Gasteiger partial charge on any atom is -0.381 e. The Morgan fingerprint density at radius 2 is 2.20 bits per heavy atom. The van der Waals surface area contributed by atoms with E-state index < -0.39 is 0 Å². The minimum absolute atomic E-state index is 0. The highest BCUT2D eigenvalue weighted by atomic mass is 127. The minimum atomic E-state index is 0. The molecule has 0 amide bonds. The van der Waals surface area contributed by atoms with Crippen molar-refractivity contribution < 1.29 is 4.74 Å². The molecule has 3 heterocycles. The fraction of sp³-hybridized carbons (Fsp3) is 0.474. The Bertz CT molecular complexity index is 753. The van der Waals surface area contributed by atoms with Gasteiger partial charge >= 0.3 is 0 Å². The van der Waals surface area contributed by atoms with Gasteiger partial charge in [-0.2, -0.15) is 0 Å². The van der Waals surface area contributed by atoms with Crippen molar-refractivity contribution in [2.75, 3.05) is 33.4 Å². The van der Waals surface area contributed by atoms with Crippen LogP contribution in [0.4, 0.5) is 0 Å².